The minimum atomic E-state index is 0.0438. The Bertz CT molecular complexity index is 264. The summed E-state index contributed by atoms with van der Waals surface area (Å²) in [5.41, 5.74) is 6.12. The molecule has 2 saturated carbocycles. The number of hydrogen-bond donors (Lipinski definition) is 2. The highest BCUT2D eigenvalue weighted by Crippen LogP contribution is 2.29. The van der Waals surface area contributed by atoms with Gasteiger partial charge in [0.25, 0.3) is 0 Å². The van der Waals surface area contributed by atoms with Gasteiger partial charge in [0.05, 0.1) is 5.92 Å². The molecule has 2 aliphatic rings. The number of nitrogens with two attached hydrogens (primary N) is 1. The quantitative estimate of drug-likeness (QED) is 0.810. The van der Waals surface area contributed by atoms with Crippen LogP contribution in [-0.4, -0.2) is 18.5 Å². The van der Waals surface area contributed by atoms with Crippen LogP contribution >= 0.6 is 0 Å². The Hall–Kier alpha value is -0.570. The second-order valence-electron chi connectivity index (χ2n) is 6.35. The van der Waals surface area contributed by atoms with Crippen molar-refractivity contribution >= 4 is 5.91 Å². The number of carbonyl (C=O) groups is 1. The second kappa shape index (κ2) is 6.55. The van der Waals surface area contributed by atoms with Crippen LogP contribution in [0.5, 0.6) is 0 Å². The molecule has 3 heteroatoms. The lowest BCUT2D eigenvalue weighted by Gasteiger charge is -2.33. The van der Waals surface area contributed by atoms with E-state index in [1.807, 2.05) is 0 Å². The molecule has 0 radical (unpaired) electrons. The molecule has 3 unspecified atom stereocenters. The Labute approximate surface area is 111 Å². The lowest BCUT2D eigenvalue weighted by Crippen LogP contribution is -2.48. The summed E-state index contributed by atoms with van der Waals surface area (Å²) < 4.78 is 0. The Morgan fingerprint density at radius 2 is 1.83 bits per heavy atom. The van der Waals surface area contributed by atoms with Crippen LogP contribution in [0.4, 0.5) is 0 Å². The lowest BCUT2D eigenvalue weighted by atomic mass is 9.76. The van der Waals surface area contributed by atoms with Gasteiger partial charge in [0.15, 0.2) is 0 Å². The van der Waals surface area contributed by atoms with Gasteiger partial charge in [0.1, 0.15) is 0 Å². The third-order valence-electron chi connectivity index (χ3n) is 4.86. The normalized spacial score (nSPS) is 34.2. The maximum atomic E-state index is 12.3. The number of rotatable bonds is 3. The van der Waals surface area contributed by atoms with E-state index in [9.17, 15) is 4.79 Å². The number of carbonyl (C=O) groups excluding carboxylic acids is 1. The van der Waals surface area contributed by atoms with Gasteiger partial charge in [-0.25, -0.2) is 0 Å². The number of amides is 1. The van der Waals surface area contributed by atoms with Crippen molar-refractivity contribution in [3.63, 3.8) is 0 Å². The molecule has 2 aliphatic carbocycles. The van der Waals surface area contributed by atoms with Gasteiger partial charge in [-0.2, -0.15) is 0 Å². The summed E-state index contributed by atoms with van der Waals surface area (Å²) in [6.45, 7) is 3.04. The van der Waals surface area contributed by atoms with Crippen molar-refractivity contribution < 1.29 is 4.79 Å². The van der Waals surface area contributed by atoms with Crippen LogP contribution in [0.3, 0.4) is 0 Å². The molecular formula is C15H28N2O. The van der Waals surface area contributed by atoms with Crippen LogP contribution < -0.4 is 11.1 Å². The average Bonchev–Trinajstić information content (AvgIpc) is 2.37. The molecule has 0 aromatic rings. The van der Waals surface area contributed by atoms with E-state index in [0.29, 0.717) is 11.8 Å². The van der Waals surface area contributed by atoms with Crippen molar-refractivity contribution in [1.29, 1.82) is 0 Å². The van der Waals surface area contributed by atoms with Crippen LogP contribution in [0.15, 0.2) is 0 Å². The highest BCUT2D eigenvalue weighted by Gasteiger charge is 2.33. The van der Waals surface area contributed by atoms with Crippen LogP contribution in [0.1, 0.15) is 58.3 Å². The first-order chi connectivity index (χ1) is 8.68. The van der Waals surface area contributed by atoms with Gasteiger partial charge in [-0.1, -0.05) is 32.6 Å². The predicted octanol–water partition coefficient (Wildman–Crippen LogP) is 2.45. The topological polar surface area (TPSA) is 55.1 Å². The molecule has 1 amide bonds. The molecule has 0 saturated heterocycles. The van der Waals surface area contributed by atoms with Gasteiger partial charge in [0, 0.05) is 12.6 Å². The van der Waals surface area contributed by atoms with Crippen molar-refractivity contribution in [2.75, 3.05) is 6.54 Å². The van der Waals surface area contributed by atoms with E-state index in [1.54, 1.807) is 0 Å². The summed E-state index contributed by atoms with van der Waals surface area (Å²) >= 11 is 0. The Balaban J connectivity index is 1.79. The van der Waals surface area contributed by atoms with E-state index in [4.69, 9.17) is 5.73 Å². The third kappa shape index (κ3) is 3.47. The van der Waals surface area contributed by atoms with Crippen molar-refractivity contribution in [3.05, 3.63) is 0 Å². The first-order valence-corrected chi connectivity index (χ1v) is 7.71. The standard InChI is InChI=1S/C15H28N2O/c1-11-6-5-9-13(16)14(11)15(18)17-10-12-7-3-2-4-8-12/h11-14H,2-10,16H2,1H3,(H,17,18). The zero-order valence-corrected chi connectivity index (χ0v) is 11.7. The fraction of sp³-hybridized carbons (Fsp3) is 0.933. The number of hydrogen-bond acceptors (Lipinski definition) is 2. The van der Waals surface area contributed by atoms with Crippen molar-refractivity contribution in [1.82, 2.24) is 5.32 Å². The number of nitrogens with one attached hydrogen (secondary N) is 1. The summed E-state index contributed by atoms with van der Waals surface area (Å²) in [4.78, 5) is 12.3. The summed E-state index contributed by atoms with van der Waals surface area (Å²) in [5.74, 6) is 1.40. The molecule has 3 nitrogen and oxygen atoms in total. The molecule has 2 fully saturated rings. The first kappa shape index (κ1) is 13.9. The molecule has 3 atom stereocenters. The highest BCUT2D eigenvalue weighted by atomic mass is 16.1. The van der Waals surface area contributed by atoms with E-state index < -0.39 is 0 Å². The zero-order chi connectivity index (χ0) is 13.0. The van der Waals surface area contributed by atoms with Crippen LogP contribution in [-0.2, 0) is 4.79 Å². The van der Waals surface area contributed by atoms with Crippen LogP contribution in [0, 0.1) is 17.8 Å². The maximum absolute atomic E-state index is 12.3. The van der Waals surface area contributed by atoms with E-state index in [1.165, 1.54) is 38.5 Å². The molecule has 0 aliphatic heterocycles. The Morgan fingerprint density at radius 1 is 1.11 bits per heavy atom. The molecule has 0 spiro atoms. The van der Waals surface area contributed by atoms with E-state index in [-0.39, 0.29) is 17.9 Å². The molecular weight excluding hydrogens is 224 g/mol. The summed E-state index contributed by atoms with van der Waals surface area (Å²) in [6, 6.07) is 0.0695. The minimum Gasteiger partial charge on any atom is -0.356 e. The van der Waals surface area contributed by atoms with Gasteiger partial charge in [-0.15, -0.1) is 0 Å². The van der Waals surface area contributed by atoms with E-state index in [0.717, 1.165) is 19.4 Å². The molecule has 0 aromatic carbocycles. The van der Waals surface area contributed by atoms with E-state index in [2.05, 4.69) is 12.2 Å². The summed E-state index contributed by atoms with van der Waals surface area (Å²) in [5, 5.41) is 3.16. The molecule has 0 heterocycles. The van der Waals surface area contributed by atoms with Gasteiger partial charge in [-0.3, -0.25) is 4.79 Å². The molecule has 0 aromatic heterocycles. The third-order valence-corrected chi connectivity index (χ3v) is 4.86. The van der Waals surface area contributed by atoms with Gasteiger partial charge in [0.2, 0.25) is 5.91 Å². The Morgan fingerprint density at radius 3 is 2.50 bits per heavy atom. The summed E-state index contributed by atoms with van der Waals surface area (Å²) in [7, 11) is 0. The fourth-order valence-corrected chi connectivity index (χ4v) is 3.66. The summed E-state index contributed by atoms with van der Waals surface area (Å²) in [6.07, 6.45) is 9.93. The largest absolute Gasteiger partial charge is 0.356 e. The maximum Gasteiger partial charge on any atom is 0.224 e. The van der Waals surface area contributed by atoms with Crippen molar-refractivity contribution in [3.8, 4) is 0 Å². The fourth-order valence-electron chi connectivity index (χ4n) is 3.66. The lowest BCUT2D eigenvalue weighted by molar-refractivity contribution is -0.128. The molecule has 2 rings (SSSR count). The van der Waals surface area contributed by atoms with Crippen molar-refractivity contribution in [2.45, 2.75) is 64.3 Å². The SMILES string of the molecule is CC1CCCC(N)C1C(=O)NCC1CCCCC1. The smallest absolute Gasteiger partial charge is 0.224 e. The zero-order valence-electron chi connectivity index (χ0n) is 11.7. The van der Waals surface area contributed by atoms with Crippen LogP contribution in [0.2, 0.25) is 0 Å². The van der Waals surface area contributed by atoms with Gasteiger partial charge < -0.3 is 11.1 Å². The minimum absolute atomic E-state index is 0.0438. The van der Waals surface area contributed by atoms with Crippen LogP contribution in [0.25, 0.3) is 0 Å². The molecule has 18 heavy (non-hydrogen) atoms. The second-order valence-corrected chi connectivity index (χ2v) is 6.35. The van der Waals surface area contributed by atoms with Gasteiger partial charge >= 0.3 is 0 Å². The highest BCUT2D eigenvalue weighted by molar-refractivity contribution is 5.79. The monoisotopic (exact) mass is 252 g/mol. The van der Waals surface area contributed by atoms with E-state index >= 15 is 0 Å². The Kier molecular flexibility index (Phi) is 5.04. The molecule has 0 bridgehead atoms. The predicted molar refractivity (Wildman–Crippen MR) is 74.1 cm³/mol. The molecule has 3 N–H and O–H groups in total. The molecule has 104 valence electrons. The van der Waals surface area contributed by atoms with Crippen molar-refractivity contribution in [2.24, 2.45) is 23.5 Å². The average molecular weight is 252 g/mol. The van der Waals surface area contributed by atoms with Gasteiger partial charge in [-0.05, 0) is 37.5 Å². The first-order valence-electron chi connectivity index (χ1n) is 7.71.